The Morgan fingerprint density at radius 2 is 1.86 bits per heavy atom. The number of hydrogen-bond acceptors (Lipinski definition) is 7. The van der Waals surface area contributed by atoms with E-state index in [4.69, 9.17) is 11.6 Å². The van der Waals surface area contributed by atoms with Crippen LogP contribution in [-0.2, 0) is 12.8 Å². The zero-order chi connectivity index (χ0) is 27.4. The molecule has 2 heterocycles. The van der Waals surface area contributed by atoms with Gasteiger partial charge < -0.3 is 15.5 Å². The van der Waals surface area contributed by atoms with Gasteiger partial charge in [0, 0.05) is 35.4 Å². The van der Waals surface area contributed by atoms with Crippen LogP contribution in [0.2, 0.25) is 5.02 Å². The fraction of sp³-hybridized carbons (Fsp3) is 0.483. The zero-order valence-corrected chi connectivity index (χ0v) is 24.1. The lowest BCUT2D eigenvalue weighted by Crippen LogP contribution is -2.19. The van der Waals surface area contributed by atoms with Crippen molar-refractivity contribution in [1.29, 1.82) is 0 Å². The number of rotatable bonds is 9. The minimum Gasteiger partial charge on any atom is -0.396 e. The third-order valence-corrected chi connectivity index (χ3v) is 7.60. The molecule has 2 atom stereocenters. The third kappa shape index (κ3) is 8.34. The van der Waals surface area contributed by atoms with E-state index >= 15 is 0 Å². The fourth-order valence-electron chi connectivity index (χ4n) is 4.44. The van der Waals surface area contributed by atoms with E-state index in [2.05, 4.69) is 15.3 Å². The summed E-state index contributed by atoms with van der Waals surface area (Å²) in [7, 11) is 0. The van der Waals surface area contributed by atoms with E-state index in [0.29, 0.717) is 40.0 Å². The Morgan fingerprint density at radius 3 is 2.54 bits per heavy atom. The Balaban J connectivity index is 0.00000115. The molecule has 3 N–H and O–H groups in total. The summed E-state index contributed by atoms with van der Waals surface area (Å²) in [5, 5.41) is 22.9. The van der Waals surface area contributed by atoms with Gasteiger partial charge in [-0.2, -0.15) is 0 Å². The highest BCUT2D eigenvalue weighted by Crippen LogP contribution is 2.31. The predicted molar refractivity (Wildman–Crippen MR) is 154 cm³/mol. The normalized spacial score (nSPS) is 16.3. The number of nitrogens with one attached hydrogen (secondary N) is 1. The van der Waals surface area contributed by atoms with Crippen molar-refractivity contribution >= 4 is 34.5 Å². The van der Waals surface area contributed by atoms with Gasteiger partial charge in [0.25, 0.3) is 0 Å². The Labute approximate surface area is 230 Å². The molecule has 0 aliphatic heterocycles. The molecule has 0 amide bonds. The molecule has 2 aromatic heterocycles. The monoisotopic (exact) mass is 545 g/mol. The van der Waals surface area contributed by atoms with Crippen LogP contribution in [0.15, 0.2) is 36.8 Å². The molecule has 37 heavy (non-hydrogen) atoms. The third-order valence-electron chi connectivity index (χ3n) is 6.27. The van der Waals surface area contributed by atoms with Gasteiger partial charge in [0.1, 0.15) is 12.1 Å². The summed E-state index contributed by atoms with van der Waals surface area (Å²) in [6.45, 7) is 10.3. The first kappa shape index (κ1) is 30.9. The van der Waals surface area contributed by atoms with Gasteiger partial charge in [0.05, 0.1) is 10.4 Å². The van der Waals surface area contributed by atoms with Crippen molar-refractivity contribution in [3.63, 3.8) is 0 Å². The number of benzene rings is 1. The second kappa shape index (κ2) is 15.8. The average molecular weight is 546 g/mol. The van der Waals surface area contributed by atoms with Crippen LogP contribution in [-0.4, -0.2) is 45.2 Å². The van der Waals surface area contributed by atoms with Gasteiger partial charge in [-0.05, 0) is 79.8 Å². The van der Waals surface area contributed by atoms with Crippen molar-refractivity contribution < 1.29 is 15.0 Å². The topological polar surface area (TPSA) is 95.3 Å². The molecule has 8 heteroatoms. The number of thiophene rings is 1. The van der Waals surface area contributed by atoms with E-state index in [9.17, 15) is 15.0 Å². The minimum atomic E-state index is -0.101. The number of nitrogens with zero attached hydrogens (tertiary/aromatic N) is 2. The van der Waals surface area contributed by atoms with Gasteiger partial charge in [-0.15, -0.1) is 11.3 Å². The van der Waals surface area contributed by atoms with Crippen LogP contribution in [0.4, 0.5) is 5.82 Å². The van der Waals surface area contributed by atoms with E-state index in [1.54, 1.807) is 6.20 Å². The molecule has 0 saturated heterocycles. The standard InChI is InChI=1S/C25H28ClN3O3S.2C2H6/c1-15-18(9-19-10-20(26)4-3-17(19)6-7-30)11-23(33-15)24(32)22-12-27-14-28-25(22)29-21-5-2-16(8-21)13-31;2*1-2/h3-4,10-12,14,16,21,30-31H,2,5-9,13H2,1H3,(H,27,28,29);2*1-2H3. The number of hydrogen-bond donors (Lipinski definition) is 3. The molecule has 0 spiro atoms. The van der Waals surface area contributed by atoms with Crippen LogP contribution in [0.5, 0.6) is 0 Å². The number of aliphatic hydroxyl groups is 2. The van der Waals surface area contributed by atoms with E-state index in [0.717, 1.165) is 40.8 Å². The Kier molecular flexibility index (Phi) is 13.2. The fourth-order valence-corrected chi connectivity index (χ4v) is 5.64. The number of aliphatic hydroxyl groups excluding tert-OH is 2. The van der Waals surface area contributed by atoms with E-state index in [-0.39, 0.29) is 25.0 Å². The van der Waals surface area contributed by atoms with Crippen LogP contribution < -0.4 is 5.32 Å². The number of halogens is 1. The highest BCUT2D eigenvalue weighted by molar-refractivity contribution is 7.14. The molecule has 0 bridgehead atoms. The Bertz CT molecular complexity index is 1140. The van der Waals surface area contributed by atoms with Gasteiger partial charge in [-0.1, -0.05) is 45.4 Å². The van der Waals surface area contributed by atoms with E-state index < -0.39 is 0 Å². The Morgan fingerprint density at radius 1 is 1.11 bits per heavy atom. The first-order chi connectivity index (χ1) is 18.0. The molecule has 4 rings (SSSR count). The van der Waals surface area contributed by atoms with Crippen molar-refractivity contribution in [2.45, 2.75) is 72.8 Å². The first-order valence-electron chi connectivity index (χ1n) is 13.2. The number of carbonyl (C=O) groups excluding carboxylic acids is 1. The molecule has 1 aliphatic rings. The molecular weight excluding hydrogens is 506 g/mol. The summed E-state index contributed by atoms with van der Waals surface area (Å²) < 4.78 is 0. The summed E-state index contributed by atoms with van der Waals surface area (Å²) in [5.41, 5.74) is 3.64. The smallest absolute Gasteiger partial charge is 0.208 e. The second-order valence-corrected chi connectivity index (χ2v) is 10.3. The van der Waals surface area contributed by atoms with E-state index in [1.807, 2.05) is 58.9 Å². The highest BCUT2D eigenvalue weighted by atomic mass is 35.5. The molecule has 1 aliphatic carbocycles. The number of aryl methyl sites for hydroxylation is 1. The van der Waals surface area contributed by atoms with Gasteiger partial charge in [-0.25, -0.2) is 9.97 Å². The van der Waals surface area contributed by atoms with Crippen molar-refractivity contribution in [3.8, 4) is 0 Å². The maximum atomic E-state index is 13.4. The number of aromatic nitrogens is 2. The van der Waals surface area contributed by atoms with Crippen molar-refractivity contribution in [2.24, 2.45) is 5.92 Å². The average Bonchev–Trinajstić information content (AvgIpc) is 3.54. The molecule has 202 valence electrons. The maximum Gasteiger partial charge on any atom is 0.208 e. The SMILES string of the molecule is CC.CC.Cc1sc(C(=O)c2cncnc2NC2CCC(CO)C2)cc1Cc1cc(Cl)ccc1CCO. The van der Waals surface area contributed by atoms with Crippen LogP contribution >= 0.6 is 22.9 Å². The molecule has 3 aromatic rings. The number of anilines is 1. The van der Waals surface area contributed by atoms with E-state index in [1.165, 1.54) is 17.7 Å². The minimum absolute atomic E-state index is 0.0742. The molecule has 0 radical (unpaired) electrons. The summed E-state index contributed by atoms with van der Waals surface area (Å²) in [6.07, 6.45) is 7.01. The Hall–Kier alpha value is -2.32. The molecule has 1 fully saturated rings. The van der Waals surface area contributed by atoms with Gasteiger partial charge in [0.2, 0.25) is 5.78 Å². The lowest BCUT2D eigenvalue weighted by Gasteiger charge is -2.15. The van der Waals surface area contributed by atoms with Crippen LogP contribution in [0.3, 0.4) is 0 Å². The predicted octanol–water partition coefficient (Wildman–Crippen LogP) is 6.48. The summed E-state index contributed by atoms with van der Waals surface area (Å²) in [6, 6.07) is 7.85. The molecule has 1 aromatic carbocycles. The lowest BCUT2D eigenvalue weighted by atomic mass is 9.98. The first-order valence-corrected chi connectivity index (χ1v) is 14.4. The second-order valence-electron chi connectivity index (χ2n) is 8.57. The maximum absolute atomic E-state index is 13.4. The highest BCUT2D eigenvalue weighted by Gasteiger charge is 2.26. The van der Waals surface area contributed by atoms with Crippen LogP contribution in [0.1, 0.15) is 83.8 Å². The quantitative estimate of drug-likeness (QED) is 0.266. The molecular formula is C29H40ClN3O3S. The summed E-state index contributed by atoms with van der Waals surface area (Å²) in [4.78, 5) is 23.5. The van der Waals surface area contributed by atoms with Gasteiger partial charge >= 0.3 is 0 Å². The molecule has 1 saturated carbocycles. The molecule has 2 unspecified atom stereocenters. The largest absolute Gasteiger partial charge is 0.396 e. The van der Waals surface area contributed by atoms with Gasteiger partial charge in [-0.3, -0.25) is 4.79 Å². The zero-order valence-electron chi connectivity index (χ0n) is 22.6. The van der Waals surface area contributed by atoms with Crippen LogP contribution in [0.25, 0.3) is 0 Å². The molecule has 6 nitrogen and oxygen atoms in total. The summed E-state index contributed by atoms with van der Waals surface area (Å²) >= 11 is 7.68. The number of ketones is 1. The van der Waals surface area contributed by atoms with Crippen molar-refractivity contribution in [3.05, 3.63) is 73.8 Å². The van der Waals surface area contributed by atoms with Crippen molar-refractivity contribution in [1.82, 2.24) is 9.97 Å². The van der Waals surface area contributed by atoms with Crippen molar-refractivity contribution in [2.75, 3.05) is 18.5 Å². The van der Waals surface area contributed by atoms with Gasteiger partial charge in [0.15, 0.2) is 0 Å². The lowest BCUT2D eigenvalue weighted by molar-refractivity contribution is 0.104. The number of carbonyl (C=O) groups is 1. The summed E-state index contributed by atoms with van der Waals surface area (Å²) in [5.74, 6) is 0.746. The van der Waals surface area contributed by atoms with Crippen LogP contribution in [0, 0.1) is 12.8 Å².